The molecule has 0 saturated carbocycles. The van der Waals surface area contributed by atoms with Gasteiger partial charge in [-0.2, -0.15) is 0 Å². The first-order valence-corrected chi connectivity index (χ1v) is 7.14. The summed E-state index contributed by atoms with van der Waals surface area (Å²) >= 11 is 0. The number of likely N-dealkylation sites (tertiary alicyclic amines) is 1. The molecule has 0 radical (unpaired) electrons. The Hall–Kier alpha value is -2.69. The minimum atomic E-state index is -0.564. The summed E-state index contributed by atoms with van der Waals surface area (Å²) in [5.41, 5.74) is 0.388. The lowest BCUT2D eigenvalue weighted by atomic mass is 10.1. The molecule has 2 aromatic carbocycles. The maximum atomic E-state index is 12.0. The van der Waals surface area contributed by atoms with Gasteiger partial charge in [-0.15, -0.1) is 0 Å². The van der Waals surface area contributed by atoms with Crippen LogP contribution in [0.2, 0.25) is 0 Å². The second-order valence-corrected chi connectivity index (χ2v) is 5.18. The van der Waals surface area contributed by atoms with Gasteiger partial charge in [0, 0.05) is 13.0 Å². The molecule has 3 rings (SSSR count). The van der Waals surface area contributed by atoms with E-state index in [0.717, 1.165) is 15.7 Å². The Morgan fingerprint density at radius 2 is 1.86 bits per heavy atom. The second kappa shape index (κ2) is 5.97. The molecule has 2 aromatic rings. The standard InChI is InChI=1S/C17H15NO4/c19-15-6-3-9-18(15)16(20)11-22-17(21)14-8-7-12-4-1-2-5-13(12)10-14/h1-2,4-5,7-8,10H,3,6,9,11H2. The topological polar surface area (TPSA) is 63.7 Å². The molecule has 0 spiro atoms. The number of fused-ring (bicyclic) bond motifs is 1. The van der Waals surface area contributed by atoms with E-state index in [1.807, 2.05) is 30.3 Å². The number of amides is 2. The Morgan fingerprint density at radius 3 is 2.59 bits per heavy atom. The zero-order valence-corrected chi connectivity index (χ0v) is 12.0. The van der Waals surface area contributed by atoms with E-state index in [4.69, 9.17) is 4.74 Å². The summed E-state index contributed by atoms with van der Waals surface area (Å²) in [5, 5.41) is 1.95. The van der Waals surface area contributed by atoms with Crippen molar-refractivity contribution in [2.24, 2.45) is 0 Å². The number of carbonyl (C=O) groups excluding carboxylic acids is 3. The number of hydrogen-bond acceptors (Lipinski definition) is 4. The molecule has 0 aliphatic carbocycles. The number of nitrogens with zero attached hydrogens (tertiary/aromatic N) is 1. The van der Waals surface area contributed by atoms with Gasteiger partial charge in [0.25, 0.3) is 5.91 Å². The van der Waals surface area contributed by atoms with Gasteiger partial charge in [-0.1, -0.05) is 30.3 Å². The molecule has 1 saturated heterocycles. The molecule has 1 aliphatic heterocycles. The lowest BCUT2D eigenvalue weighted by molar-refractivity contribution is -0.143. The fraction of sp³-hybridized carbons (Fsp3) is 0.235. The van der Waals surface area contributed by atoms with Crippen LogP contribution in [0.3, 0.4) is 0 Å². The van der Waals surface area contributed by atoms with Gasteiger partial charge in [0.1, 0.15) is 0 Å². The summed E-state index contributed by atoms with van der Waals surface area (Å²) < 4.78 is 5.02. The smallest absolute Gasteiger partial charge is 0.338 e. The van der Waals surface area contributed by atoms with Crippen molar-refractivity contribution in [2.75, 3.05) is 13.2 Å². The first-order valence-electron chi connectivity index (χ1n) is 7.14. The SMILES string of the molecule is O=C(OCC(=O)N1CCCC1=O)c1ccc2ccccc2c1. The fourth-order valence-electron chi connectivity index (χ4n) is 2.52. The summed E-state index contributed by atoms with van der Waals surface area (Å²) in [6.07, 6.45) is 1.05. The lowest BCUT2D eigenvalue weighted by Crippen LogP contribution is -2.35. The van der Waals surface area contributed by atoms with E-state index >= 15 is 0 Å². The van der Waals surface area contributed by atoms with E-state index in [0.29, 0.717) is 24.9 Å². The number of imide groups is 1. The Labute approximate surface area is 127 Å². The summed E-state index contributed by atoms with van der Waals surface area (Å²) in [5.74, 6) is -1.23. The molecule has 0 aromatic heterocycles. The summed E-state index contributed by atoms with van der Waals surface area (Å²) in [7, 11) is 0. The molecule has 5 nitrogen and oxygen atoms in total. The van der Waals surface area contributed by atoms with Crippen LogP contribution in [0.4, 0.5) is 0 Å². The Kier molecular flexibility index (Phi) is 3.87. The molecule has 1 fully saturated rings. The average molecular weight is 297 g/mol. The fourth-order valence-corrected chi connectivity index (χ4v) is 2.52. The number of carbonyl (C=O) groups is 3. The summed E-state index contributed by atoms with van der Waals surface area (Å²) in [6.45, 7) is 0.00257. The van der Waals surface area contributed by atoms with Gasteiger partial charge in [-0.05, 0) is 29.3 Å². The van der Waals surface area contributed by atoms with Crippen molar-refractivity contribution >= 4 is 28.6 Å². The van der Waals surface area contributed by atoms with Gasteiger partial charge < -0.3 is 4.74 Å². The van der Waals surface area contributed by atoms with E-state index in [2.05, 4.69) is 0 Å². The van der Waals surface area contributed by atoms with E-state index in [9.17, 15) is 14.4 Å². The highest BCUT2D eigenvalue weighted by molar-refractivity contribution is 5.99. The molecule has 0 bridgehead atoms. The first kappa shape index (κ1) is 14.3. The van der Waals surface area contributed by atoms with E-state index in [1.54, 1.807) is 12.1 Å². The van der Waals surface area contributed by atoms with Crippen LogP contribution in [0.25, 0.3) is 10.8 Å². The average Bonchev–Trinajstić information content (AvgIpc) is 2.98. The highest BCUT2D eigenvalue weighted by Crippen LogP contribution is 2.16. The quantitative estimate of drug-likeness (QED) is 0.814. The number of ether oxygens (including phenoxy) is 1. The molecular formula is C17H15NO4. The van der Waals surface area contributed by atoms with Gasteiger partial charge in [0.05, 0.1) is 5.56 Å². The minimum Gasteiger partial charge on any atom is -0.452 e. The highest BCUT2D eigenvalue weighted by Gasteiger charge is 2.27. The molecule has 1 heterocycles. The number of rotatable bonds is 3. The molecular weight excluding hydrogens is 282 g/mol. The van der Waals surface area contributed by atoms with Crippen LogP contribution in [0.15, 0.2) is 42.5 Å². The van der Waals surface area contributed by atoms with Gasteiger partial charge in [0.15, 0.2) is 6.61 Å². The maximum absolute atomic E-state index is 12.0. The normalized spacial score (nSPS) is 14.4. The molecule has 0 unspecified atom stereocenters. The third-order valence-corrected chi connectivity index (χ3v) is 3.69. The number of hydrogen-bond donors (Lipinski definition) is 0. The Balaban J connectivity index is 1.65. The molecule has 0 atom stereocenters. The highest BCUT2D eigenvalue weighted by atomic mass is 16.5. The summed E-state index contributed by atoms with van der Waals surface area (Å²) in [6, 6.07) is 12.9. The third-order valence-electron chi connectivity index (χ3n) is 3.69. The van der Waals surface area contributed by atoms with Crippen LogP contribution >= 0.6 is 0 Å². The summed E-state index contributed by atoms with van der Waals surface area (Å²) in [4.78, 5) is 36.4. The van der Waals surface area contributed by atoms with Crippen molar-refractivity contribution in [3.8, 4) is 0 Å². The van der Waals surface area contributed by atoms with Crippen LogP contribution < -0.4 is 0 Å². The van der Waals surface area contributed by atoms with E-state index in [1.165, 1.54) is 0 Å². The Morgan fingerprint density at radius 1 is 1.09 bits per heavy atom. The van der Waals surface area contributed by atoms with E-state index in [-0.39, 0.29) is 5.91 Å². The number of benzene rings is 2. The minimum absolute atomic E-state index is 0.202. The zero-order chi connectivity index (χ0) is 15.5. The van der Waals surface area contributed by atoms with Crippen LogP contribution in [0.5, 0.6) is 0 Å². The molecule has 1 aliphatic rings. The van der Waals surface area contributed by atoms with Crippen molar-refractivity contribution in [2.45, 2.75) is 12.8 Å². The third kappa shape index (κ3) is 2.83. The van der Waals surface area contributed by atoms with Crippen molar-refractivity contribution in [1.29, 1.82) is 0 Å². The maximum Gasteiger partial charge on any atom is 0.338 e. The lowest BCUT2D eigenvalue weighted by Gasteiger charge is -2.13. The van der Waals surface area contributed by atoms with Crippen molar-refractivity contribution < 1.29 is 19.1 Å². The van der Waals surface area contributed by atoms with Gasteiger partial charge >= 0.3 is 5.97 Å². The van der Waals surface area contributed by atoms with Crippen molar-refractivity contribution in [3.63, 3.8) is 0 Å². The number of esters is 1. The molecule has 112 valence electrons. The molecule has 2 amide bonds. The first-order chi connectivity index (χ1) is 10.6. The van der Waals surface area contributed by atoms with Crippen molar-refractivity contribution in [3.05, 3.63) is 48.0 Å². The van der Waals surface area contributed by atoms with Gasteiger partial charge in [0.2, 0.25) is 5.91 Å². The molecule has 5 heteroatoms. The van der Waals surface area contributed by atoms with Crippen LogP contribution in [0, 0.1) is 0 Å². The second-order valence-electron chi connectivity index (χ2n) is 5.18. The van der Waals surface area contributed by atoms with Crippen LogP contribution in [0.1, 0.15) is 23.2 Å². The zero-order valence-electron chi connectivity index (χ0n) is 12.0. The predicted molar refractivity (Wildman–Crippen MR) is 80.2 cm³/mol. The Bertz CT molecular complexity index is 753. The van der Waals surface area contributed by atoms with Crippen LogP contribution in [-0.4, -0.2) is 35.8 Å². The monoisotopic (exact) mass is 297 g/mol. The predicted octanol–water partition coefficient (Wildman–Crippen LogP) is 2.15. The largest absolute Gasteiger partial charge is 0.452 e. The van der Waals surface area contributed by atoms with Gasteiger partial charge in [-0.25, -0.2) is 4.79 Å². The van der Waals surface area contributed by atoms with Gasteiger partial charge in [-0.3, -0.25) is 14.5 Å². The van der Waals surface area contributed by atoms with Crippen molar-refractivity contribution in [1.82, 2.24) is 4.90 Å². The molecule has 22 heavy (non-hydrogen) atoms. The molecule has 0 N–H and O–H groups in total. The van der Waals surface area contributed by atoms with Crippen LogP contribution in [-0.2, 0) is 14.3 Å². The van der Waals surface area contributed by atoms with E-state index < -0.39 is 18.5 Å².